The molecule has 2 N–H and O–H groups in total. The number of hydrogen-bond acceptors (Lipinski definition) is 3. The number of aliphatic carboxylic acids is 1. The van der Waals surface area contributed by atoms with Crippen molar-refractivity contribution in [3.63, 3.8) is 0 Å². The second-order valence-corrected chi connectivity index (χ2v) is 7.83. The van der Waals surface area contributed by atoms with E-state index in [1.54, 1.807) is 0 Å². The van der Waals surface area contributed by atoms with Crippen LogP contribution in [0.1, 0.15) is 44.1 Å². The minimum Gasteiger partial charge on any atom is -0.481 e. The van der Waals surface area contributed by atoms with Crippen LogP contribution >= 0.6 is 0 Å². The van der Waals surface area contributed by atoms with Crippen molar-refractivity contribution < 1.29 is 14.7 Å². The molecule has 5 nitrogen and oxygen atoms in total. The molecule has 2 atom stereocenters. The van der Waals surface area contributed by atoms with Crippen LogP contribution in [0.15, 0.2) is 30.3 Å². The maximum Gasteiger partial charge on any atom is 0.306 e. The van der Waals surface area contributed by atoms with E-state index in [0.717, 1.165) is 32.6 Å². The van der Waals surface area contributed by atoms with Crippen LogP contribution in [0, 0.1) is 17.8 Å². The van der Waals surface area contributed by atoms with E-state index in [1.807, 2.05) is 0 Å². The van der Waals surface area contributed by atoms with Crippen molar-refractivity contribution in [1.82, 2.24) is 10.2 Å². The van der Waals surface area contributed by atoms with Gasteiger partial charge in [-0.15, -0.1) is 0 Å². The first-order valence-electron chi connectivity index (χ1n) is 9.88. The predicted octanol–water partition coefficient (Wildman–Crippen LogP) is 2.91. The summed E-state index contributed by atoms with van der Waals surface area (Å²) in [5, 5.41) is 12.1. The molecule has 2 aliphatic rings. The van der Waals surface area contributed by atoms with Crippen LogP contribution in [-0.2, 0) is 16.1 Å². The summed E-state index contributed by atoms with van der Waals surface area (Å²) in [5.74, 6) is -0.473. The number of nitrogens with one attached hydrogen (secondary N) is 1. The van der Waals surface area contributed by atoms with E-state index in [-0.39, 0.29) is 17.7 Å². The Morgan fingerprint density at radius 2 is 1.73 bits per heavy atom. The first kappa shape index (κ1) is 18.9. The van der Waals surface area contributed by atoms with Gasteiger partial charge in [-0.1, -0.05) is 30.3 Å². The van der Waals surface area contributed by atoms with Crippen molar-refractivity contribution in [3.8, 4) is 0 Å². The zero-order chi connectivity index (χ0) is 18.4. The van der Waals surface area contributed by atoms with E-state index in [9.17, 15) is 9.59 Å². The average Bonchev–Trinajstić information content (AvgIpc) is 3.15. The van der Waals surface area contributed by atoms with Gasteiger partial charge in [0.05, 0.1) is 5.92 Å². The van der Waals surface area contributed by atoms with Crippen LogP contribution in [0.5, 0.6) is 0 Å². The van der Waals surface area contributed by atoms with Gasteiger partial charge in [0.2, 0.25) is 5.91 Å². The quantitative estimate of drug-likeness (QED) is 0.786. The van der Waals surface area contributed by atoms with Gasteiger partial charge in [-0.25, -0.2) is 0 Å². The summed E-state index contributed by atoms with van der Waals surface area (Å²) in [6, 6.07) is 10.6. The summed E-state index contributed by atoms with van der Waals surface area (Å²) in [6.45, 7) is 3.99. The number of carboxylic acid groups (broad SMARTS) is 1. The summed E-state index contributed by atoms with van der Waals surface area (Å²) < 4.78 is 0. The van der Waals surface area contributed by atoms with Gasteiger partial charge in [-0.2, -0.15) is 0 Å². The molecular weight excluding hydrogens is 328 g/mol. The minimum atomic E-state index is -0.762. The summed E-state index contributed by atoms with van der Waals surface area (Å²) in [4.78, 5) is 25.7. The number of benzene rings is 1. The third-order valence-corrected chi connectivity index (χ3v) is 5.96. The number of likely N-dealkylation sites (tertiary alicyclic amines) is 1. The Hall–Kier alpha value is -1.88. The molecule has 0 aromatic heterocycles. The van der Waals surface area contributed by atoms with Crippen LogP contribution in [0.3, 0.4) is 0 Å². The van der Waals surface area contributed by atoms with E-state index >= 15 is 0 Å². The highest BCUT2D eigenvalue weighted by molar-refractivity contribution is 5.80. The molecule has 0 spiro atoms. The molecule has 0 radical (unpaired) electrons. The molecule has 1 aliphatic heterocycles. The maximum absolute atomic E-state index is 12.2. The molecule has 3 rings (SSSR count). The largest absolute Gasteiger partial charge is 0.481 e. The van der Waals surface area contributed by atoms with Gasteiger partial charge in [0, 0.05) is 19.0 Å². The Labute approximate surface area is 155 Å². The summed E-state index contributed by atoms with van der Waals surface area (Å²) >= 11 is 0. The molecule has 1 amide bonds. The zero-order valence-corrected chi connectivity index (χ0v) is 15.4. The highest BCUT2D eigenvalue weighted by Gasteiger charge is 2.33. The number of nitrogens with zero attached hydrogens (tertiary/aromatic N) is 1. The van der Waals surface area contributed by atoms with Gasteiger partial charge in [0.25, 0.3) is 0 Å². The molecular formula is C21H30N2O3. The van der Waals surface area contributed by atoms with Gasteiger partial charge in [0.15, 0.2) is 0 Å². The van der Waals surface area contributed by atoms with Gasteiger partial charge in [0.1, 0.15) is 0 Å². The number of carbonyl (C=O) groups is 2. The molecule has 2 fully saturated rings. The SMILES string of the molecule is O=C(O)[C@H]1CC[C@@H](C(=O)NCCC2CCN(Cc3ccccc3)CC2)C1. The lowest BCUT2D eigenvalue weighted by Crippen LogP contribution is -2.35. The van der Waals surface area contributed by atoms with Crippen LogP contribution < -0.4 is 5.32 Å². The molecule has 1 saturated carbocycles. The van der Waals surface area contributed by atoms with E-state index in [0.29, 0.717) is 25.2 Å². The standard InChI is InChI=1S/C21H30N2O3/c24-20(18-6-7-19(14-18)21(25)26)22-11-8-16-9-12-23(13-10-16)15-17-4-2-1-3-5-17/h1-5,16,18-19H,6-15H2,(H,22,24)(H,25,26)/t18-,19+/m1/s1. The van der Waals surface area contributed by atoms with Crippen molar-refractivity contribution in [2.24, 2.45) is 17.8 Å². The molecule has 1 saturated heterocycles. The second kappa shape index (κ2) is 9.17. The Morgan fingerprint density at radius 3 is 2.38 bits per heavy atom. The predicted molar refractivity (Wildman–Crippen MR) is 101 cm³/mol. The first-order chi connectivity index (χ1) is 12.6. The topological polar surface area (TPSA) is 69.6 Å². The fourth-order valence-corrected chi connectivity index (χ4v) is 4.26. The lowest BCUT2D eigenvalue weighted by molar-refractivity contribution is -0.141. The Balaban J connectivity index is 1.30. The third kappa shape index (κ3) is 5.31. The van der Waals surface area contributed by atoms with Crippen molar-refractivity contribution >= 4 is 11.9 Å². The molecule has 0 bridgehead atoms. The monoisotopic (exact) mass is 358 g/mol. The van der Waals surface area contributed by atoms with Crippen molar-refractivity contribution in [3.05, 3.63) is 35.9 Å². The average molecular weight is 358 g/mol. The highest BCUT2D eigenvalue weighted by atomic mass is 16.4. The van der Waals surface area contributed by atoms with Crippen molar-refractivity contribution in [1.29, 1.82) is 0 Å². The Bertz CT molecular complexity index is 597. The molecule has 0 unspecified atom stereocenters. The fraction of sp³-hybridized carbons (Fsp3) is 0.619. The van der Waals surface area contributed by atoms with E-state index < -0.39 is 5.97 Å². The number of carbonyl (C=O) groups excluding carboxylic acids is 1. The first-order valence-corrected chi connectivity index (χ1v) is 9.88. The van der Waals surface area contributed by atoms with Crippen LogP contribution in [0.2, 0.25) is 0 Å². The number of hydrogen-bond donors (Lipinski definition) is 2. The highest BCUT2D eigenvalue weighted by Crippen LogP contribution is 2.31. The van der Waals surface area contributed by atoms with Gasteiger partial charge in [-0.05, 0) is 63.1 Å². The smallest absolute Gasteiger partial charge is 0.306 e. The van der Waals surface area contributed by atoms with Crippen molar-refractivity contribution in [2.75, 3.05) is 19.6 Å². The molecule has 1 aromatic rings. The van der Waals surface area contributed by atoms with E-state index in [4.69, 9.17) is 5.11 Å². The fourth-order valence-electron chi connectivity index (χ4n) is 4.26. The molecule has 5 heteroatoms. The van der Waals surface area contributed by atoms with Gasteiger partial charge >= 0.3 is 5.97 Å². The Kier molecular flexibility index (Phi) is 6.67. The molecule has 26 heavy (non-hydrogen) atoms. The number of rotatable bonds is 7. The summed E-state index contributed by atoms with van der Waals surface area (Å²) in [7, 11) is 0. The maximum atomic E-state index is 12.2. The zero-order valence-electron chi connectivity index (χ0n) is 15.4. The van der Waals surface area contributed by atoms with Gasteiger partial charge in [-0.3, -0.25) is 14.5 Å². The molecule has 1 aliphatic carbocycles. The molecule has 1 aromatic carbocycles. The summed E-state index contributed by atoms with van der Waals surface area (Å²) in [5.41, 5.74) is 1.37. The van der Waals surface area contributed by atoms with Crippen LogP contribution in [0.4, 0.5) is 0 Å². The lowest BCUT2D eigenvalue weighted by Gasteiger charge is -2.32. The molecule has 1 heterocycles. The molecule has 142 valence electrons. The third-order valence-electron chi connectivity index (χ3n) is 5.96. The van der Waals surface area contributed by atoms with E-state index in [2.05, 4.69) is 40.5 Å². The second-order valence-electron chi connectivity index (χ2n) is 7.83. The van der Waals surface area contributed by atoms with Crippen LogP contribution in [-0.4, -0.2) is 41.5 Å². The summed E-state index contributed by atoms with van der Waals surface area (Å²) in [6.07, 6.45) is 5.24. The lowest BCUT2D eigenvalue weighted by atomic mass is 9.93. The number of piperidine rings is 1. The van der Waals surface area contributed by atoms with Crippen molar-refractivity contribution in [2.45, 2.75) is 45.1 Å². The van der Waals surface area contributed by atoms with Crippen LogP contribution in [0.25, 0.3) is 0 Å². The Morgan fingerprint density at radius 1 is 1.04 bits per heavy atom. The normalized spacial score (nSPS) is 24.5. The van der Waals surface area contributed by atoms with E-state index in [1.165, 1.54) is 18.4 Å². The van der Waals surface area contributed by atoms with Gasteiger partial charge < -0.3 is 10.4 Å². The minimum absolute atomic E-state index is 0.0512. The number of carboxylic acids is 1. The number of amides is 1.